The number of hydrogen-bond donors (Lipinski definition) is 0. The molecule has 150 valence electrons. The summed E-state index contributed by atoms with van der Waals surface area (Å²) in [5.41, 5.74) is 0.837. The molecule has 30 heavy (non-hydrogen) atoms. The molecule has 0 aliphatic rings. The van der Waals surface area contributed by atoms with Gasteiger partial charge in [-0.1, -0.05) is 81.6 Å². The monoisotopic (exact) mass is 502 g/mol. The number of hydrogen-bond acceptors (Lipinski definition) is 4. The molecule has 7 heteroatoms. The summed E-state index contributed by atoms with van der Waals surface area (Å²) in [7, 11) is 0. The SMILES string of the molecule is O=C(COc1c(-c2ccccc2)oc2c(Cl)cc(Cl)cc2c1=O)c1ccc(Br)cc1. The van der Waals surface area contributed by atoms with E-state index < -0.39 is 5.43 Å². The van der Waals surface area contributed by atoms with Crippen LogP contribution in [0.4, 0.5) is 0 Å². The minimum absolute atomic E-state index is 0.0718. The molecule has 1 heterocycles. The number of rotatable bonds is 5. The van der Waals surface area contributed by atoms with Crippen LogP contribution in [0.25, 0.3) is 22.3 Å². The van der Waals surface area contributed by atoms with Gasteiger partial charge < -0.3 is 9.15 Å². The summed E-state index contributed by atoms with van der Waals surface area (Å²) in [6.45, 7) is -0.327. The van der Waals surface area contributed by atoms with E-state index in [4.69, 9.17) is 32.4 Å². The molecule has 0 atom stereocenters. The zero-order valence-corrected chi connectivity index (χ0v) is 18.4. The quantitative estimate of drug-likeness (QED) is 0.281. The Morgan fingerprint density at radius 1 is 1.00 bits per heavy atom. The van der Waals surface area contributed by atoms with Gasteiger partial charge in [0.25, 0.3) is 0 Å². The molecular weight excluding hydrogens is 491 g/mol. The Hall–Kier alpha value is -2.60. The van der Waals surface area contributed by atoms with E-state index in [1.54, 1.807) is 48.5 Å². The van der Waals surface area contributed by atoms with Crippen molar-refractivity contribution in [3.63, 3.8) is 0 Å². The van der Waals surface area contributed by atoms with E-state index in [0.717, 1.165) is 4.47 Å². The summed E-state index contributed by atoms with van der Waals surface area (Å²) >= 11 is 15.6. The van der Waals surface area contributed by atoms with Crippen LogP contribution in [0, 0.1) is 0 Å². The number of benzene rings is 3. The minimum atomic E-state index is -0.455. The average Bonchev–Trinajstić information content (AvgIpc) is 2.74. The fourth-order valence-corrected chi connectivity index (χ4v) is 3.77. The molecule has 4 rings (SSSR count). The predicted octanol–water partition coefficient (Wildman–Crippen LogP) is 6.79. The maximum Gasteiger partial charge on any atom is 0.235 e. The first-order chi connectivity index (χ1) is 14.4. The predicted molar refractivity (Wildman–Crippen MR) is 122 cm³/mol. The van der Waals surface area contributed by atoms with Crippen molar-refractivity contribution in [3.8, 4) is 17.1 Å². The fraction of sp³-hybridized carbons (Fsp3) is 0.0435. The molecular formula is C23H13BrCl2O4. The molecule has 0 saturated heterocycles. The van der Waals surface area contributed by atoms with Gasteiger partial charge in [0, 0.05) is 20.6 Å². The second-order valence-electron chi connectivity index (χ2n) is 6.44. The summed E-state index contributed by atoms with van der Waals surface area (Å²) < 4.78 is 12.5. The van der Waals surface area contributed by atoms with Crippen molar-refractivity contribution in [2.75, 3.05) is 6.61 Å². The molecule has 1 aromatic heterocycles. The molecule has 0 spiro atoms. The van der Waals surface area contributed by atoms with E-state index in [-0.39, 0.29) is 39.9 Å². The Kier molecular flexibility index (Phi) is 5.95. The molecule has 0 radical (unpaired) electrons. The molecule has 0 aliphatic heterocycles. The molecule has 0 aliphatic carbocycles. The topological polar surface area (TPSA) is 56.5 Å². The molecule has 0 saturated carbocycles. The van der Waals surface area contributed by atoms with Gasteiger partial charge in [-0.05, 0) is 24.3 Å². The Labute approximate surface area is 190 Å². The van der Waals surface area contributed by atoms with Crippen molar-refractivity contribution in [1.29, 1.82) is 0 Å². The van der Waals surface area contributed by atoms with Gasteiger partial charge in [-0.2, -0.15) is 0 Å². The standard InChI is InChI=1S/C23H13BrCl2O4/c24-15-8-6-13(7-9-15)19(27)12-29-23-20(28)17-10-16(25)11-18(26)22(17)30-21(23)14-4-2-1-3-5-14/h1-11H,12H2. The van der Waals surface area contributed by atoms with E-state index in [9.17, 15) is 9.59 Å². The van der Waals surface area contributed by atoms with Gasteiger partial charge in [-0.3, -0.25) is 9.59 Å². The summed E-state index contributed by atoms with van der Waals surface area (Å²) in [5, 5.41) is 0.687. The normalized spacial score (nSPS) is 10.9. The molecule has 4 nitrogen and oxygen atoms in total. The van der Waals surface area contributed by atoms with Crippen molar-refractivity contribution in [2.45, 2.75) is 0 Å². The van der Waals surface area contributed by atoms with Crippen LogP contribution in [-0.4, -0.2) is 12.4 Å². The lowest BCUT2D eigenvalue weighted by Crippen LogP contribution is -2.17. The number of carbonyl (C=O) groups excluding carboxylic acids is 1. The molecule has 4 aromatic rings. The largest absolute Gasteiger partial charge is 0.478 e. The lowest BCUT2D eigenvalue weighted by Gasteiger charge is -2.12. The van der Waals surface area contributed by atoms with Gasteiger partial charge in [-0.15, -0.1) is 0 Å². The van der Waals surface area contributed by atoms with E-state index >= 15 is 0 Å². The summed E-state index contributed by atoms with van der Waals surface area (Å²) in [5.74, 6) is -0.149. The Morgan fingerprint density at radius 2 is 1.70 bits per heavy atom. The highest BCUT2D eigenvalue weighted by Gasteiger charge is 2.21. The molecule has 0 N–H and O–H groups in total. The van der Waals surface area contributed by atoms with Gasteiger partial charge >= 0.3 is 0 Å². The molecule has 0 amide bonds. The number of carbonyl (C=O) groups is 1. The van der Waals surface area contributed by atoms with Crippen LogP contribution in [0.15, 0.2) is 80.4 Å². The summed E-state index contributed by atoms with van der Waals surface area (Å²) in [4.78, 5) is 25.7. The third-order valence-electron chi connectivity index (χ3n) is 4.42. The highest BCUT2D eigenvalue weighted by Crippen LogP contribution is 2.35. The van der Waals surface area contributed by atoms with Crippen LogP contribution in [-0.2, 0) is 0 Å². The third kappa shape index (κ3) is 4.15. The first-order valence-corrected chi connectivity index (χ1v) is 10.4. The van der Waals surface area contributed by atoms with Crippen LogP contribution in [0.2, 0.25) is 10.0 Å². The molecule has 0 bridgehead atoms. The number of Topliss-reactive ketones (excluding diaryl/α,β-unsaturated/α-hetero) is 1. The minimum Gasteiger partial charge on any atom is -0.478 e. The number of ether oxygens (including phenoxy) is 1. The Bertz CT molecular complexity index is 1300. The third-order valence-corrected chi connectivity index (χ3v) is 5.45. The van der Waals surface area contributed by atoms with Gasteiger partial charge in [0.1, 0.15) is 0 Å². The first kappa shape index (κ1) is 20.7. The maximum absolute atomic E-state index is 13.2. The Balaban J connectivity index is 1.80. The second kappa shape index (κ2) is 8.64. The van der Waals surface area contributed by atoms with Gasteiger partial charge in [0.2, 0.25) is 11.2 Å². The number of fused-ring (bicyclic) bond motifs is 1. The van der Waals surface area contributed by atoms with Crippen LogP contribution in [0.3, 0.4) is 0 Å². The van der Waals surface area contributed by atoms with Crippen molar-refractivity contribution < 1.29 is 13.9 Å². The van der Waals surface area contributed by atoms with Crippen molar-refractivity contribution >= 4 is 55.9 Å². The van der Waals surface area contributed by atoms with Gasteiger partial charge in [-0.25, -0.2) is 0 Å². The summed E-state index contributed by atoms with van der Waals surface area (Å²) in [6, 6.07) is 18.8. The smallest absolute Gasteiger partial charge is 0.235 e. The van der Waals surface area contributed by atoms with E-state index in [1.807, 2.05) is 6.07 Å². The Morgan fingerprint density at radius 3 is 2.40 bits per heavy atom. The highest BCUT2D eigenvalue weighted by atomic mass is 79.9. The van der Waals surface area contributed by atoms with Crippen molar-refractivity contribution in [3.05, 3.63) is 97.0 Å². The molecule has 0 fully saturated rings. The lowest BCUT2D eigenvalue weighted by molar-refractivity contribution is 0.0920. The zero-order chi connectivity index (χ0) is 21.3. The van der Waals surface area contributed by atoms with Gasteiger partial charge in [0.15, 0.2) is 23.7 Å². The average molecular weight is 504 g/mol. The van der Waals surface area contributed by atoms with Crippen molar-refractivity contribution in [1.82, 2.24) is 0 Å². The zero-order valence-electron chi connectivity index (χ0n) is 15.3. The second-order valence-corrected chi connectivity index (χ2v) is 8.20. The maximum atomic E-state index is 13.2. The molecule has 0 unspecified atom stereocenters. The number of ketones is 1. The number of halogens is 3. The van der Waals surface area contributed by atoms with E-state index in [1.165, 1.54) is 12.1 Å². The van der Waals surface area contributed by atoms with Crippen LogP contribution < -0.4 is 10.2 Å². The van der Waals surface area contributed by atoms with Crippen molar-refractivity contribution in [2.24, 2.45) is 0 Å². The van der Waals surface area contributed by atoms with E-state index in [0.29, 0.717) is 16.1 Å². The van der Waals surface area contributed by atoms with Crippen LogP contribution in [0.1, 0.15) is 10.4 Å². The van der Waals surface area contributed by atoms with Crippen LogP contribution >= 0.6 is 39.1 Å². The van der Waals surface area contributed by atoms with Gasteiger partial charge in [0.05, 0.1) is 10.4 Å². The lowest BCUT2D eigenvalue weighted by atomic mass is 10.1. The highest BCUT2D eigenvalue weighted by molar-refractivity contribution is 9.10. The first-order valence-electron chi connectivity index (χ1n) is 8.87. The molecule has 3 aromatic carbocycles. The fourth-order valence-electron chi connectivity index (χ4n) is 2.97. The van der Waals surface area contributed by atoms with E-state index in [2.05, 4.69) is 15.9 Å². The van der Waals surface area contributed by atoms with Crippen LogP contribution in [0.5, 0.6) is 5.75 Å². The summed E-state index contributed by atoms with van der Waals surface area (Å²) in [6.07, 6.45) is 0.